The minimum Gasteiger partial charge on any atom is -0.461 e. The largest absolute Gasteiger partial charge is 0.461 e. The molecule has 2 amide bonds. The Morgan fingerprint density at radius 1 is 0.810 bits per heavy atom. The van der Waals surface area contributed by atoms with Gasteiger partial charge in [-0.05, 0) is 63.8 Å². The standard InChI is InChI=1S/C50H54N4O9/c1-4-5-7-14-33-21-23-34(24-22-33)25-26-36-29-54(48(57)53-46(36)55)44-27-42(63-49(58)51-28-35-15-8-6-9-16-35)43(62-44)31-60-47(56)45(32(2)3)52-50(59)61-30-41-39-19-12-10-17-37(39)38-18-11-13-20-40(38)41/h6,8-13,15-26,29,32,41-45H,4-5,7,14,27-28,30-31H2,1-3H3,(H,51,58)(H,52,59)(H,53,55,57)/b26-25+/t42?,43?,44?,45-/m0/s1. The molecule has 0 bridgehead atoms. The van der Waals surface area contributed by atoms with Gasteiger partial charge in [0.1, 0.15) is 37.7 Å². The molecule has 63 heavy (non-hydrogen) atoms. The van der Waals surface area contributed by atoms with Crippen LogP contribution in [0.5, 0.6) is 0 Å². The second kappa shape index (κ2) is 20.9. The summed E-state index contributed by atoms with van der Waals surface area (Å²) in [5.41, 5.74) is 6.18. The lowest BCUT2D eigenvalue weighted by molar-refractivity contribution is -0.153. The highest BCUT2D eigenvalue weighted by molar-refractivity contribution is 5.82. The summed E-state index contributed by atoms with van der Waals surface area (Å²) in [7, 11) is 0. The predicted molar refractivity (Wildman–Crippen MR) is 240 cm³/mol. The Balaban J connectivity index is 1.02. The highest BCUT2D eigenvalue weighted by Gasteiger charge is 2.41. The van der Waals surface area contributed by atoms with Crippen LogP contribution in [0.1, 0.15) is 92.0 Å². The molecule has 1 fully saturated rings. The summed E-state index contributed by atoms with van der Waals surface area (Å²) in [5.74, 6) is -1.30. The zero-order valence-electron chi connectivity index (χ0n) is 35.8. The zero-order chi connectivity index (χ0) is 44.3. The Hall–Kier alpha value is -6.73. The minimum absolute atomic E-state index is 0.00117. The maximum Gasteiger partial charge on any atom is 0.407 e. The van der Waals surface area contributed by atoms with Crippen LogP contribution < -0.4 is 21.9 Å². The molecule has 2 aliphatic rings. The minimum atomic E-state index is -1.08. The van der Waals surface area contributed by atoms with Crippen molar-refractivity contribution in [3.05, 3.63) is 164 Å². The molecule has 328 valence electrons. The van der Waals surface area contributed by atoms with Gasteiger partial charge in [-0.25, -0.2) is 19.2 Å². The van der Waals surface area contributed by atoms with Gasteiger partial charge in [0, 0.05) is 25.1 Å². The number of carbonyl (C=O) groups is 3. The van der Waals surface area contributed by atoms with Gasteiger partial charge in [0.25, 0.3) is 5.56 Å². The number of hydrogen-bond donors (Lipinski definition) is 3. The second-order valence-corrected chi connectivity index (χ2v) is 16.3. The van der Waals surface area contributed by atoms with Crippen molar-refractivity contribution < 1.29 is 33.3 Å². The smallest absolute Gasteiger partial charge is 0.407 e. The van der Waals surface area contributed by atoms with Crippen molar-refractivity contribution in [1.82, 2.24) is 20.2 Å². The molecule has 3 N–H and O–H groups in total. The number of aromatic amines is 1. The highest BCUT2D eigenvalue weighted by atomic mass is 16.6. The average molecular weight is 855 g/mol. The number of carbonyl (C=O) groups excluding carboxylic acids is 3. The summed E-state index contributed by atoms with van der Waals surface area (Å²) in [6.07, 6.45) is 4.75. The fourth-order valence-electron chi connectivity index (χ4n) is 8.01. The summed E-state index contributed by atoms with van der Waals surface area (Å²) in [6.45, 7) is 5.59. The number of unbranched alkanes of at least 4 members (excludes halogenated alkanes) is 2. The summed E-state index contributed by atoms with van der Waals surface area (Å²) in [4.78, 5) is 68.5. The van der Waals surface area contributed by atoms with Crippen LogP contribution in [-0.4, -0.2) is 59.2 Å². The molecule has 1 aliphatic carbocycles. The van der Waals surface area contributed by atoms with E-state index in [1.807, 2.05) is 91.0 Å². The van der Waals surface area contributed by atoms with E-state index in [-0.39, 0.29) is 43.6 Å². The lowest BCUT2D eigenvalue weighted by Gasteiger charge is -2.23. The number of aromatic nitrogens is 2. The van der Waals surface area contributed by atoms with Crippen molar-refractivity contribution in [1.29, 1.82) is 0 Å². The van der Waals surface area contributed by atoms with Crippen LogP contribution >= 0.6 is 0 Å². The van der Waals surface area contributed by atoms with Crippen molar-refractivity contribution in [3.63, 3.8) is 0 Å². The Labute approximate surface area is 366 Å². The van der Waals surface area contributed by atoms with E-state index in [2.05, 4.69) is 34.7 Å². The van der Waals surface area contributed by atoms with Crippen molar-refractivity contribution >= 4 is 30.3 Å². The molecule has 13 nitrogen and oxygen atoms in total. The second-order valence-electron chi connectivity index (χ2n) is 16.3. The summed E-state index contributed by atoms with van der Waals surface area (Å²) in [6, 6.07) is 32.3. The first-order valence-corrected chi connectivity index (χ1v) is 21.6. The monoisotopic (exact) mass is 854 g/mol. The highest BCUT2D eigenvalue weighted by Crippen LogP contribution is 2.44. The van der Waals surface area contributed by atoms with E-state index in [1.54, 1.807) is 26.0 Å². The number of benzene rings is 4. The Kier molecular flexibility index (Phi) is 14.7. The molecule has 2 heterocycles. The number of esters is 1. The molecule has 7 rings (SSSR count). The lowest BCUT2D eigenvalue weighted by atomic mass is 9.98. The van der Waals surface area contributed by atoms with E-state index >= 15 is 0 Å². The summed E-state index contributed by atoms with van der Waals surface area (Å²) in [5, 5.41) is 5.40. The fraction of sp³-hybridized carbons (Fsp3) is 0.340. The van der Waals surface area contributed by atoms with Gasteiger partial charge in [-0.1, -0.05) is 143 Å². The molecular weight excluding hydrogens is 801 g/mol. The molecule has 4 aromatic carbocycles. The van der Waals surface area contributed by atoms with Crippen LogP contribution in [0.4, 0.5) is 9.59 Å². The van der Waals surface area contributed by atoms with Crippen LogP contribution in [0.2, 0.25) is 0 Å². The van der Waals surface area contributed by atoms with Crippen LogP contribution in [0.25, 0.3) is 23.3 Å². The third-order valence-electron chi connectivity index (χ3n) is 11.5. The Morgan fingerprint density at radius 3 is 2.17 bits per heavy atom. The van der Waals surface area contributed by atoms with E-state index < -0.39 is 53.9 Å². The molecule has 0 saturated carbocycles. The summed E-state index contributed by atoms with van der Waals surface area (Å²) < 4.78 is 24.8. The van der Waals surface area contributed by atoms with Crippen LogP contribution in [0.15, 0.2) is 119 Å². The number of alkyl carbamates (subject to hydrolysis) is 2. The molecule has 0 spiro atoms. The van der Waals surface area contributed by atoms with Gasteiger partial charge >= 0.3 is 23.8 Å². The topological polar surface area (TPSA) is 167 Å². The molecule has 4 atom stereocenters. The molecule has 1 aliphatic heterocycles. The Bertz CT molecular complexity index is 2470. The van der Waals surface area contributed by atoms with E-state index in [1.165, 1.54) is 22.7 Å². The zero-order valence-corrected chi connectivity index (χ0v) is 35.8. The lowest BCUT2D eigenvalue weighted by Crippen LogP contribution is -2.46. The average Bonchev–Trinajstić information content (AvgIpc) is 3.84. The maximum absolute atomic E-state index is 13.6. The van der Waals surface area contributed by atoms with E-state index in [9.17, 15) is 24.0 Å². The normalized spacial score (nSPS) is 17.2. The molecule has 0 radical (unpaired) electrons. The third-order valence-corrected chi connectivity index (χ3v) is 11.5. The number of nitrogens with zero attached hydrogens (tertiary/aromatic N) is 1. The SMILES string of the molecule is CCCCCc1ccc(/C=C/c2cn(C3CC(OC(=O)NCc4ccccc4)C(COC(=O)[C@@H](NC(=O)OCC4c5ccccc5-c5ccccc54)C(C)C)O3)c(=O)[nH]c2=O)cc1. The quantitative estimate of drug-likeness (QED) is 0.0476. The van der Waals surface area contributed by atoms with Gasteiger partial charge in [0.15, 0.2) is 0 Å². The number of aryl methyl sites for hydroxylation is 1. The number of rotatable bonds is 17. The van der Waals surface area contributed by atoms with Gasteiger partial charge in [-0.3, -0.25) is 14.3 Å². The number of amides is 2. The third kappa shape index (κ3) is 11.2. The van der Waals surface area contributed by atoms with Crippen LogP contribution in [0.3, 0.4) is 0 Å². The predicted octanol–water partition coefficient (Wildman–Crippen LogP) is 8.13. The van der Waals surface area contributed by atoms with Crippen LogP contribution in [-0.2, 0) is 36.7 Å². The van der Waals surface area contributed by atoms with Gasteiger partial charge in [0.2, 0.25) is 0 Å². The van der Waals surface area contributed by atoms with E-state index in [4.69, 9.17) is 18.9 Å². The number of nitrogens with one attached hydrogen (secondary N) is 3. The van der Waals surface area contributed by atoms with Crippen molar-refractivity contribution in [2.24, 2.45) is 5.92 Å². The fourth-order valence-corrected chi connectivity index (χ4v) is 8.01. The number of hydrogen-bond acceptors (Lipinski definition) is 9. The number of ether oxygens (including phenoxy) is 4. The molecule has 5 aromatic rings. The Morgan fingerprint density at radius 2 is 1.49 bits per heavy atom. The first kappa shape index (κ1) is 44.3. The van der Waals surface area contributed by atoms with Gasteiger partial charge in [0.05, 0.1) is 5.56 Å². The molecule has 3 unspecified atom stereocenters. The van der Waals surface area contributed by atoms with Crippen molar-refractivity contribution in [2.75, 3.05) is 13.2 Å². The molecule has 13 heteroatoms. The van der Waals surface area contributed by atoms with Gasteiger partial charge in [-0.15, -0.1) is 0 Å². The maximum atomic E-state index is 13.6. The first-order chi connectivity index (χ1) is 30.6. The van der Waals surface area contributed by atoms with E-state index in [0.29, 0.717) is 0 Å². The number of fused-ring (bicyclic) bond motifs is 3. The molecule has 1 saturated heterocycles. The number of H-pyrrole nitrogens is 1. The van der Waals surface area contributed by atoms with Gasteiger partial charge < -0.3 is 29.6 Å². The first-order valence-electron chi connectivity index (χ1n) is 21.6. The molecular formula is C50H54N4O9. The van der Waals surface area contributed by atoms with Gasteiger partial charge in [-0.2, -0.15) is 0 Å². The van der Waals surface area contributed by atoms with E-state index in [0.717, 1.165) is 52.6 Å². The van der Waals surface area contributed by atoms with Crippen molar-refractivity contribution in [3.8, 4) is 11.1 Å². The molecule has 1 aromatic heterocycles. The van der Waals surface area contributed by atoms with Crippen LogP contribution in [0, 0.1) is 5.92 Å². The summed E-state index contributed by atoms with van der Waals surface area (Å²) >= 11 is 0. The van der Waals surface area contributed by atoms with Crippen molar-refractivity contribution in [2.45, 2.75) is 89.8 Å².